The smallest absolute Gasteiger partial charge is 0.285 e. The molecule has 4 N–H and O–H groups in total. The lowest BCUT2D eigenvalue weighted by molar-refractivity contribution is -0.237. The summed E-state index contributed by atoms with van der Waals surface area (Å²) >= 11 is 0. The Balaban J connectivity index is 1.52. The van der Waals surface area contributed by atoms with E-state index in [-0.39, 0.29) is 12.7 Å². The highest BCUT2D eigenvalue weighted by Gasteiger charge is 2.49. The highest BCUT2D eigenvalue weighted by molar-refractivity contribution is 5.50. The van der Waals surface area contributed by atoms with Gasteiger partial charge in [-0.15, -0.1) is 0 Å². The molecule has 0 spiro atoms. The van der Waals surface area contributed by atoms with Crippen LogP contribution in [-0.2, 0) is 15.9 Å². The van der Waals surface area contributed by atoms with E-state index in [4.69, 9.17) is 18.9 Å². The largest absolute Gasteiger partial charge is 0.454 e. The Morgan fingerprint density at radius 2 is 1.97 bits per heavy atom. The summed E-state index contributed by atoms with van der Waals surface area (Å²) in [5.41, 5.74) is 1.90. The molecule has 0 amide bonds. The highest BCUT2D eigenvalue weighted by atomic mass is 19.3. The van der Waals surface area contributed by atoms with Gasteiger partial charge in [0.25, 0.3) is 5.92 Å². The van der Waals surface area contributed by atoms with Gasteiger partial charge >= 0.3 is 0 Å². The molecule has 1 aromatic rings. The first-order chi connectivity index (χ1) is 14.8. The van der Waals surface area contributed by atoms with E-state index in [2.05, 4.69) is 5.32 Å². The first-order valence-corrected chi connectivity index (χ1v) is 10.5. The standard InChI is InChI=1S/C21H29F2NO7/c1-28-8-12-3-2-11-4-15-16(30-10-29-15)5-13(11)19(12)24-9-21(22,23)18-6-14(26)20(27)17(7-25)31-18/h4-5,12,14,17-20,24-27H,2-3,6-10H2,1H3/t12?,14?,17?,18?,19?,20-/m0/s1. The van der Waals surface area contributed by atoms with Gasteiger partial charge in [0.05, 0.1) is 25.9 Å². The number of alkyl halides is 2. The molecule has 1 aromatic carbocycles. The Morgan fingerprint density at radius 1 is 1.23 bits per heavy atom. The fourth-order valence-corrected chi connectivity index (χ4v) is 4.67. The summed E-state index contributed by atoms with van der Waals surface area (Å²) in [5, 5.41) is 32.0. The van der Waals surface area contributed by atoms with Crippen molar-refractivity contribution >= 4 is 0 Å². The van der Waals surface area contributed by atoms with E-state index in [1.54, 1.807) is 7.11 Å². The number of aliphatic hydroxyl groups excluding tert-OH is 3. The van der Waals surface area contributed by atoms with Crippen molar-refractivity contribution in [2.24, 2.45) is 5.92 Å². The Kier molecular flexibility index (Phi) is 6.66. The average Bonchev–Trinajstić information content (AvgIpc) is 3.20. The van der Waals surface area contributed by atoms with Gasteiger partial charge in [-0.3, -0.25) is 0 Å². The van der Waals surface area contributed by atoms with Gasteiger partial charge in [0.2, 0.25) is 6.79 Å². The lowest BCUT2D eigenvalue weighted by atomic mass is 9.79. The van der Waals surface area contributed by atoms with Crippen LogP contribution in [0.4, 0.5) is 8.78 Å². The molecule has 31 heavy (non-hydrogen) atoms. The molecule has 8 nitrogen and oxygen atoms in total. The molecule has 2 heterocycles. The number of hydrogen-bond acceptors (Lipinski definition) is 8. The van der Waals surface area contributed by atoms with E-state index < -0.39 is 56.0 Å². The summed E-state index contributed by atoms with van der Waals surface area (Å²) < 4.78 is 51.5. The molecule has 4 rings (SSSR count). The van der Waals surface area contributed by atoms with Gasteiger partial charge in [-0.25, -0.2) is 8.78 Å². The van der Waals surface area contributed by atoms with Crippen molar-refractivity contribution in [3.63, 3.8) is 0 Å². The number of ether oxygens (including phenoxy) is 4. The SMILES string of the molecule is COCC1CCc2cc3c(cc2C1NCC(F)(F)C1CC(O)[C@H](O)C(CO)O1)OCO3. The topological polar surface area (TPSA) is 110 Å². The molecule has 5 unspecified atom stereocenters. The molecular weight excluding hydrogens is 416 g/mol. The van der Waals surface area contributed by atoms with Crippen LogP contribution >= 0.6 is 0 Å². The normalized spacial score (nSPS) is 32.7. The summed E-state index contributed by atoms with van der Waals surface area (Å²) in [7, 11) is 1.58. The molecule has 6 atom stereocenters. The van der Waals surface area contributed by atoms with Gasteiger partial charge < -0.3 is 39.6 Å². The van der Waals surface area contributed by atoms with Crippen LogP contribution < -0.4 is 14.8 Å². The zero-order valence-corrected chi connectivity index (χ0v) is 17.3. The van der Waals surface area contributed by atoms with E-state index in [9.17, 15) is 15.3 Å². The maximum absolute atomic E-state index is 15.0. The lowest BCUT2D eigenvalue weighted by Crippen LogP contribution is -2.57. The number of rotatable bonds is 7. The Morgan fingerprint density at radius 3 is 2.68 bits per heavy atom. The molecule has 0 saturated carbocycles. The fourth-order valence-electron chi connectivity index (χ4n) is 4.67. The number of aryl methyl sites for hydroxylation is 1. The van der Waals surface area contributed by atoms with Gasteiger partial charge in [-0.05, 0) is 36.1 Å². The third-order valence-corrected chi connectivity index (χ3v) is 6.38. The number of fused-ring (bicyclic) bond motifs is 2. The van der Waals surface area contributed by atoms with Crippen LogP contribution in [0.3, 0.4) is 0 Å². The minimum Gasteiger partial charge on any atom is -0.454 e. The minimum atomic E-state index is -3.33. The van der Waals surface area contributed by atoms with Crippen LogP contribution in [0.2, 0.25) is 0 Å². The molecule has 1 fully saturated rings. The van der Waals surface area contributed by atoms with Gasteiger partial charge in [0.15, 0.2) is 11.5 Å². The molecule has 2 aliphatic heterocycles. The van der Waals surface area contributed by atoms with Crippen molar-refractivity contribution in [1.29, 1.82) is 0 Å². The Hall–Kier alpha value is -1.56. The molecule has 0 aromatic heterocycles. The van der Waals surface area contributed by atoms with Crippen molar-refractivity contribution in [1.82, 2.24) is 5.32 Å². The van der Waals surface area contributed by atoms with E-state index in [1.807, 2.05) is 12.1 Å². The molecule has 10 heteroatoms. The van der Waals surface area contributed by atoms with E-state index in [0.29, 0.717) is 18.1 Å². The predicted molar refractivity (Wildman–Crippen MR) is 104 cm³/mol. The first-order valence-electron chi connectivity index (χ1n) is 10.5. The van der Waals surface area contributed by atoms with Crippen LogP contribution in [0.25, 0.3) is 0 Å². The molecule has 1 saturated heterocycles. The number of methoxy groups -OCH3 is 1. The number of hydrogen-bond donors (Lipinski definition) is 4. The summed E-state index contributed by atoms with van der Waals surface area (Å²) in [6.45, 7) is -0.807. The number of halogens is 2. The average molecular weight is 445 g/mol. The van der Waals surface area contributed by atoms with E-state index in [1.165, 1.54) is 0 Å². The molecule has 0 bridgehead atoms. The van der Waals surface area contributed by atoms with Crippen LogP contribution in [0.15, 0.2) is 12.1 Å². The van der Waals surface area contributed by atoms with Gasteiger partial charge in [0, 0.05) is 25.5 Å². The van der Waals surface area contributed by atoms with Crippen molar-refractivity contribution in [2.75, 3.05) is 33.7 Å². The molecule has 3 aliphatic rings. The van der Waals surface area contributed by atoms with Gasteiger partial charge in [-0.1, -0.05) is 0 Å². The minimum absolute atomic E-state index is 0.0152. The predicted octanol–water partition coefficient (Wildman–Crippen LogP) is 0.762. The third kappa shape index (κ3) is 4.50. The fraction of sp³-hybridized carbons (Fsp3) is 0.714. The lowest BCUT2D eigenvalue weighted by Gasteiger charge is -2.41. The molecular formula is C21H29F2NO7. The van der Waals surface area contributed by atoms with E-state index >= 15 is 8.78 Å². The highest BCUT2D eigenvalue weighted by Crippen LogP contribution is 2.43. The Labute approximate surface area is 179 Å². The van der Waals surface area contributed by atoms with E-state index in [0.717, 1.165) is 24.0 Å². The van der Waals surface area contributed by atoms with Crippen LogP contribution in [0.1, 0.15) is 30.0 Å². The summed E-state index contributed by atoms with van der Waals surface area (Å²) in [6.07, 6.45) is -4.55. The maximum Gasteiger partial charge on any atom is 0.285 e. The molecule has 1 aliphatic carbocycles. The molecule has 174 valence electrons. The maximum atomic E-state index is 15.0. The summed E-state index contributed by atoms with van der Waals surface area (Å²) in [4.78, 5) is 0. The number of nitrogens with one attached hydrogen (secondary N) is 1. The van der Waals surface area contributed by atoms with Crippen molar-refractivity contribution in [2.45, 2.75) is 55.6 Å². The summed E-state index contributed by atoms with van der Waals surface area (Å²) in [6, 6.07) is 3.35. The second-order valence-electron chi connectivity index (χ2n) is 8.42. The monoisotopic (exact) mass is 445 g/mol. The van der Waals surface area contributed by atoms with Crippen LogP contribution in [-0.4, -0.2) is 79.3 Å². The van der Waals surface area contributed by atoms with Gasteiger partial charge in [0.1, 0.15) is 18.3 Å². The van der Waals surface area contributed by atoms with Crippen LogP contribution in [0, 0.1) is 5.92 Å². The zero-order valence-electron chi connectivity index (χ0n) is 17.3. The van der Waals surface area contributed by atoms with Crippen molar-refractivity contribution in [3.8, 4) is 11.5 Å². The molecule has 0 radical (unpaired) electrons. The zero-order chi connectivity index (χ0) is 22.2. The summed E-state index contributed by atoms with van der Waals surface area (Å²) in [5.74, 6) is -2.10. The second kappa shape index (κ2) is 9.13. The number of aliphatic hydroxyl groups is 3. The third-order valence-electron chi connectivity index (χ3n) is 6.38. The quantitative estimate of drug-likeness (QED) is 0.487. The van der Waals surface area contributed by atoms with Crippen LogP contribution in [0.5, 0.6) is 11.5 Å². The Bertz CT molecular complexity index is 780. The number of benzene rings is 1. The van der Waals surface area contributed by atoms with Crippen molar-refractivity contribution in [3.05, 3.63) is 23.3 Å². The second-order valence-corrected chi connectivity index (χ2v) is 8.42. The van der Waals surface area contributed by atoms with Gasteiger partial charge in [-0.2, -0.15) is 0 Å². The first kappa shape index (κ1) is 22.6. The van der Waals surface area contributed by atoms with Crippen molar-refractivity contribution < 1.29 is 43.0 Å².